The summed E-state index contributed by atoms with van der Waals surface area (Å²) >= 11 is 0. The van der Waals surface area contributed by atoms with Gasteiger partial charge in [0.05, 0.1) is 0 Å². The molecule has 4 nitrogen and oxygen atoms in total. The van der Waals surface area contributed by atoms with Gasteiger partial charge in [-0.1, -0.05) is 37.3 Å². The summed E-state index contributed by atoms with van der Waals surface area (Å²) in [6.45, 7) is 6.98. The minimum atomic E-state index is 0.0316. The molecule has 0 atom stereocenters. The second kappa shape index (κ2) is 12.1. The summed E-state index contributed by atoms with van der Waals surface area (Å²) in [5.74, 6) is 0.0316. The number of carbonyl (C=O) groups excluding carboxylic acids is 1. The van der Waals surface area contributed by atoms with E-state index in [-0.39, 0.29) is 5.91 Å². The van der Waals surface area contributed by atoms with Gasteiger partial charge < -0.3 is 15.5 Å². The van der Waals surface area contributed by atoms with Crippen LogP contribution in [0.1, 0.15) is 45.6 Å². The van der Waals surface area contributed by atoms with E-state index in [2.05, 4.69) is 34.6 Å². The molecular formula is C22H33N3O. The van der Waals surface area contributed by atoms with E-state index in [1.807, 2.05) is 64.5 Å². The van der Waals surface area contributed by atoms with Crippen LogP contribution in [0, 0.1) is 0 Å². The molecule has 1 amide bonds. The molecule has 0 aliphatic carbocycles. The Kier molecular flexibility index (Phi) is 10.1. The molecule has 0 saturated heterocycles. The van der Waals surface area contributed by atoms with Crippen molar-refractivity contribution < 1.29 is 4.79 Å². The van der Waals surface area contributed by atoms with Gasteiger partial charge in [0.2, 0.25) is 5.91 Å². The summed E-state index contributed by atoms with van der Waals surface area (Å²) in [7, 11) is 4.07. The van der Waals surface area contributed by atoms with Crippen molar-refractivity contribution in [3.05, 3.63) is 65.5 Å². The van der Waals surface area contributed by atoms with Gasteiger partial charge in [-0.2, -0.15) is 0 Å². The predicted molar refractivity (Wildman–Crippen MR) is 112 cm³/mol. The standard InChI is InChI=1S/C22H33N3O/c1-6-10-18(16-23-20(7-2)8-3)13-14-22(26)24-21-12-9-11-19(15-21)17-25(4)5/h6-7,9-12,15-16,23H,8,13-14,17H2,1-5H3,(H,24,26)/b10-6+,18-16+,20-7+. The number of allylic oxidation sites excluding steroid dienone is 5. The number of amides is 1. The topological polar surface area (TPSA) is 44.4 Å². The van der Waals surface area contributed by atoms with Crippen molar-refractivity contribution in [3.63, 3.8) is 0 Å². The van der Waals surface area contributed by atoms with E-state index < -0.39 is 0 Å². The number of anilines is 1. The Morgan fingerprint density at radius 3 is 2.58 bits per heavy atom. The molecule has 4 heteroatoms. The van der Waals surface area contributed by atoms with Gasteiger partial charge in [0.1, 0.15) is 0 Å². The molecule has 0 aliphatic heterocycles. The Morgan fingerprint density at radius 2 is 1.96 bits per heavy atom. The second-order valence-corrected chi connectivity index (χ2v) is 6.52. The summed E-state index contributed by atoms with van der Waals surface area (Å²) in [6, 6.07) is 8.01. The van der Waals surface area contributed by atoms with Crippen LogP contribution in [0.5, 0.6) is 0 Å². The first-order valence-electron chi connectivity index (χ1n) is 9.25. The summed E-state index contributed by atoms with van der Waals surface area (Å²) < 4.78 is 0. The smallest absolute Gasteiger partial charge is 0.224 e. The maximum atomic E-state index is 12.3. The molecule has 1 aromatic carbocycles. The zero-order chi connectivity index (χ0) is 19.4. The molecule has 0 fully saturated rings. The lowest BCUT2D eigenvalue weighted by molar-refractivity contribution is -0.116. The zero-order valence-electron chi connectivity index (χ0n) is 16.8. The maximum Gasteiger partial charge on any atom is 0.224 e. The number of carbonyl (C=O) groups is 1. The van der Waals surface area contributed by atoms with Crippen LogP contribution in [-0.4, -0.2) is 24.9 Å². The molecule has 0 heterocycles. The van der Waals surface area contributed by atoms with Crippen molar-refractivity contribution in [2.24, 2.45) is 0 Å². The van der Waals surface area contributed by atoms with Crippen molar-refractivity contribution in [2.45, 2.75) is 46.6 Å². The molecule has 1 rings (SSSR count). The number of rotatable bonds is 10. The number of nitrogens with zero attached hydrogens (tertiary/aromatic N) is 1. The first kappa shape index (κ1) is 21.7. The highest BCUT2D eigenvalue weighted by atomic mass is 16.1. The Hall–Kier alpha value is -2.33. The van der Waals surface area contributed by atoms with Crippen molar-refractivity contribution >= 4 is 11.6 Å². The fourth-order valence-electron chi connectivity index (χ4n) is 2.59. The van der Waals surface area contributed by atoms with Crippen LogP contribution < -0.4 is 10.6 Å². The molecule has 26 heavy (non-hydrogen) atoms. The van der Waals surface area contributed by atoms with Crippen LogP contribution in [0.15, 0.2) is 60.0 Å². The molecule has 1 aromatic rings. The van der Waals surface area contributed by atoms with Gasteiger partial charge in [0, 0.05) is 30.5 Å². The first-order valence-corrected chi connectivity index (χ1v) is 9.25. The predicted octanol–water partition coefficient (Wildman–Crippen LogP) is 4.83. The van der Waals surface area contributed by atoms with Gasteiger partial charge in [-0.25, -0.2) is 0 Å². The summed E-state index contributed by atoms with van der Waals surface area (Å²) in [5, 5.41) is 6.31. The van der Waals surface area contributed by atoms with E-state index >= 15 is 0 Å². The van der Waals surface area contributed by atoms with Crippen molar-refractivity contribution in [1.29, 1.82) is 0 Å². The highest BCUT2D eigenvalue weighted by molar-refractivity contribution is 5.90. The van der Waals surface area contributed by atoms with Gasteiger partial charge >= 0.3 is 0 Å². The van der Waals surface area contributed by atoms with E-state index in [9.17, 15) is 4.79 Å². The van der Waals surface area contributed by atoms with Crippen LogP contribution in [0.2, 0.25) is 0 Å². The summed E-state index contributed by atoms with van der Waals surface area (Å²) in [6.07, 6.45) is 10.2. The van der Waals surface area contributed by atoms with Crippen LogP contribution in [0.25, 0.3) is 0 Å². The van der Waals surface area contributed by atoms with E-state index in [0.29, 0.717) is 12.8 Å². The quantitative estimate of drug-likeness (QED) is 0.591. The van der Waals surface area contributed by atoms with Crippen LogP contribution in [0.4, 0.5) is 5.69 Å². The molecule has 0 aromatic heterocycles. The largest absolute Gasteiger partial charge is 0.365 e. The molecule has 0 spiro atoms. The molecule has 0 aliphatic rings. The second-order valence-electron chi connectivity index (χ2n) is 6.52. The minimum absolute atomic E-state index is 0.0316. The fourth-order valence-corrected chi connectivity index (χ4v) is 2.59. The van der Waals surface area contributed by atoms with Gasteiger partial charge in [-0.3, -0.25) is 4.79 Å². The zero-order valence-corrected chi connectivity index (χ0v) is 16.8. The van der Waals surface area contributed by atoms with Gasteiger partial charge in [-0.15, -0.1) is 0 Å². The average Bonchev–Trinajstić information content (AvgIpc) is 2.60. The summed E-state index contributed by atoms with van der Waals surface area (Å²) in [5.41, 5.74) is 4.32. The lowest BCUT2D eigenvalue weighted by atomic mass is 10.1. The van der Waals surface area contributed by atoms with Crippen LogP contribution >= 0.6 is 0 Å². The Labute approximate surface area is 158 Å². The van der Waals surface area contributed by atoms with E-state index in [1.54, 1.807) is 0 Å². The molecule has 0 bridgehead atoms. The number of hydrogen-bond donors (Lipinski definition) is 2. The van der Waals surface area contributed by atoms with Gasteiger partial charge in [0.15, 0.2) is 0 Å². The van der Waals surface area contributed by atoms with Crippen LogP contribution in [0.3, 0.4) is 0 Å². The van der Waals surface area contributed by atoms with Crippen molar-refractivity contribution in [2.75, 3.05) is 19.4 Å². The van der Waals surface area contributed by atoms with E-state index in [4.69, 9.17) is 0 Å². The number of benzene rings is 1. The lowest BCUT2D eigenvalue weighted by Crippen LogP contribution is -2.13. The Balaban J connectivity index is 2.62. The maximum absolute atomic E-state index is 12.3. The number of hydrogen-bond acceptors (Lipinski definition) is 3. The first-order chi connectivity index (χ1) is 12.5. The fraction of sp³-hybridized carbons (Fsp3) is 0.409. The molecule has 2 N–H and O–H groups in total. The van der Waals surface area contributed by atoms with E-state index in [1.165, 1.54) is 11.3 Å². The van der Waals surface area contributed by atoms with Crippen molar-refractivity contribution in [1.82, 2.24) is 10.2 Å². The normalized spacial score (nSPS) is 12.7. The average molecular weight is 356 g/mol. The lowest BCUT2D eigenvalue weighted by Gasteiger charge is -2.12. The third kappa shape index (κ3) is 8.67. The van der Waals surface area contributed by atoms with Gasteiger partial charge in [0.25, 0.3) is 0 Å². The highest BCUT2D eigenvalue weighted by Gasteiger charge is 2.05. The molecule has 0 saturated carbocycles. The Morgan fingerprint density at radius 1 is 1.19 bits per heavy atom. The summed E-state index contributed by atoms with van der Waals surface area (Å²) in [4.78, 5) is 14.4. The molecule has 0 radical (unpaired) electrons. The molecular weight excluding hydrogens is 322 g/mol. The molecule has 142 valence electrons. The van der Waals surface area contributed by atoms with Crippen molar-refractivity contribution in [3.8, 4) is 0 Å². The van der Waals surface area contributed by atoms with Crippen LogP contribution in [-0.2, 0) is 11.3 Å². The van der Waals surface area contributed by atoms with Gasteiger partial charge in [-0.05, 0) is 64.1 Å². The Bertz CT molecular complexity index is 657. The monoisotopic (exact) mass is 355 g/mol. The van der Waals surface area contributed by atoms with E-state index in [0.717, 1.165) is 24.2 Å². The third-order valence-corrected chi connectivity index (χ3v) is 3.90. The number of nitrogens with one attached hydrogen (secondary N) is 2. The minimum Gasteiger partial charge on any atom is -0.365 e. The highest BCUT2D eigenvalue weighted by Crippen LogP contribution is 2.14. The molecule has 0 unspecified atom stereocenters. The third-order valence-electron chi connectivity index (χ3n) is 3.90. The SMILES string of the molecule is C/C=C/C(=C\N/C(=C/C)CC)CCC(=O)Nc1cccc(CN(C)C)c1.